The Morgan fingerprint density at radius 1 is 0.664 bits per heavy atom. The van der Waals surface area contributed by atoms with E-state index in [9.17, 15) is 46.7 Å². The number of rotatable bonds is 14. The van der Waals surface area contributed by atoms with E-state index in [1.165, 1.54) is 105 Å². The molecule has 6 fully saturated rings. The lowest BCUT2D eigenvalue weighted by Crippen LogP contribution is -2.65. The predicted molar refractivity (Wildman–Crippen MR) is 391 cm³/mol. The molecule has 6 aliphatic rings. The fourth-order valence-electron chi connectivity index (χ4n) is 16.5. The normalized spacial score (nSPS) is 27.8. The largest absolute Gasteiger partial charge is 0.417 e. The summed E-state index contributed by atoms with van der Waals surface area (Å²) in [5, 5.41) is 8.00. The monoisotopic (exact) mass is 1530 g/mol. The number of amides is 12. The number of carbonyl (C=O) groups is 12. The number of alkyl halides is 5. The van der Waals surface area contributed by atoms with Crippen LogP contribution in [0.25, 0.3) is 0 Å². The average molecular weight is 1540 g/mol. The molecule has 10 atom stereocenters. The molecule has 12 amide bonds. The van der Waals surface area contributed by atoms with Crippen molar-refractivity contribution in [3.05, 3.63) is 34.3 Å². The lowest BCUT2D eigenvalue weighted by Gasteiger charge is -2.45. The van der Waals surface area contributed by atoms with Crippen LogP contribution in [0.1, 0.15) is 187 Å². The Kier molecular flexibility index (Phi) is 30.4. The molecule has 0 aromatic heterocycles. The summed E-state index contributed by atoms with van der Waals surface area (Å²) in [7, 11) is 12.6. The molecule has 3 heterocycles. The summed E-state index contributed by atoms with van der Waals surface area (Å²) in [6.45, 7) is 7.56. The second-order valence-corrected chi connectivity index (χ2v) is 32.3. The van der Waals surface area contributed by atoms with E-state index in [-0.39, 0.29) is 101 Å². The van der Waals surface area contributed by atoms with Gasteiger partial charge in [-0.15, -0.1) is 0 Å². The average Bonchev–Trinajstić information content (AvgIpc) is 1.75. The molecule has 0 unspecified atom stereocenters. The van der Waals surface area contributed by atoms with Crippen molar-refractivity contribution < 1.29 is 79.5 Å². The Morgan fingerprint density at radius 3 is 1.86 bits per heavy atom. The van der Waals surface area contributed by atoms with Crippen LogP contribution in [-0.2, 0) is 70.1 Å². The van der Waals surface area contributed by atoms with Gasteiger partial charge in [0.15, 0.2) is 0 Å². The third kappa shape index (κ3) is 21.4. The second kappa shape index (κ2) is 37.4. The highest BCUT2D eigenvalue weighted by molar-refractivity contribution is 6.31. The molecular weight excluding hydrogens is 1420 g/mol. The van der Waals surface area contributed by atoms with Crippen LogP contribution in [0.5, 0.6) is 0 Å². The van der Waals surface area contributed by atoms with E-state index in [0.29, 0.717) is 44.9 Å². The molecule has 3 N–H and O–H groups in total. The Morgan fingerprint density at radius 2 is 1.29 bits per heavy atom. The standard InChI is InChI=1S/C76H117ClF5N13O12/c1-15-47(4)62-71(105)88(9)48(5)66(100)95-39-33-56(95)70(104)91(12)58(42-49-24-17-16-18-25-49)69(103)87(8)44-60(96)83-54(31-29-50-28-30-52(53(77)41-50)76(80,81)82)67(101)90(11)55(32-38-94-37-23-36-75(78,79)45-94)65(99)85-74(34-21-22-35-74)73(107)93(14)63(51-26-19-20-27-51)72(106)92(13)59(68(102)86(6)7)43-61(97)89(10)57(40-46(2)3)64(98)84-62/h28,30,41,46-49,51,54-59,62-63H,15-27,29,31-40,42-45H2,1-14H3,(H,83,96)(H,84,98)(H,85,99)/t47-,48-,54-,55-,56-,57-,58-,59-,62-,63-/m0/s1. The van der Waals surface area contributed by atoms with Crippen LogP contribution in [0.3, 0.4) is 0 Å². The summed E-state index contributed by atoms with van der Waals surface area (Å²) >= 11 is 6.19. The molecule has 3 aliphatic carbocycles. The zero-order valence-corrected chi connectivity index (χ0v) is 65.9. The third-order valence-corrected chi connectivity index (χ3v) is 23.9. The molecule has 3 aliphatic heterocycles. The van der Waals surface area contributed by atoms with Crippen molar-refractivity contribution in [1.82, 2.24) is 64.9 Å². The van der Waals surface area contributed by atoms with Crippen molar-refractivity contribution in [2.45, 2.75) is 254 Å². The first-order valence-corrected chi connectivity index (χ1v) is 38.8. The number of benzene rings is 1. The number of likely N-dealkylation sites (N-methyl/N-ethyl adjacent to an activating group) is 8. The number of nitrogens with one attached hydrogen (secondary N) is 3. The van der Waals surface area contributed by atoms with Crippen molar-refractivity contribution in [2.75, 3.05) is 96.2 Å². The highest BCUT2D eigenvalue weighted by Crippen LogP contribution is 2.39. The first-order chi connectivity index (χ1) is 50.1. The van der Waals surface area contributed by atoms with Crippen LogP contribution in [0.15, 0.2) is 18.2 Å². The number of carbonyl (C=O) groups excluding carboxylic acids is 12. The van der Waals surface area contributed by atoms with Crippen molar-refractivity contribution in [2.24, 2.45) is 23.7 Å². The first-order valence-electron chi connectivity index (χ1n) is 38.4. The van der Waals surface area contributed by atoms with Gasteiger partial charge in [0.25, 0.3) is 5.92 Å². The van der Waals surface area contributed by atoms with Gasteiger partial charge in [0.05, 0.1) is 30.1 Å². The van der Waals surface area contributed by atoms with Crippen molar-refractivity contribution in [3.8, 4) is 0 Å². The molecule has 1 spiro atoms. The lowest BCUT2D eigenvalue weighted by molar-refractivity contribution is -0.160. The molecule has 1 aromatic carbocycles. The second-order valence-electron chi connectivity index (χ2n) is 31.9. The maximum atomic E-state index is 15.8. The zero-order valence-electron chi connectivity index (χ0n) is 65.2. The number of aryl methyl sites for hydroxylation is 1. The zero-order chi connectivity index (χ0) is 79.5. The highest BCUT2D eigenvalue weighted by Gasteiger charge is 2.52. The number of likely N-dealkylation sites (tertiary alicyclic amines) is 1. The number of fused-ring (bicyclic) bond motifs is 1. The van der Waals surface area contributed by atoms with Crippen LogP contribution in [0.2, 0.25) is 5.02 Å². The fraction of sp³-hybridized carbons (Fsp3) is 0.763. The summed E-state index contributed by atoms with van der Waals surface area (Å²) in [6.07, 6.45) is 1.73. The van der Waals surface area contributed by atoms with Crippen LogP contribution in [0, 0.1) is 23.7 Å². The van der Waals surface area contributed by atoms with Crippen LogP contribution >= 0.6 is 11.6 Å². The smallest absolute Gasteiger partial charge is 0.347 e. The molecule has 3 saturated heterocycles. The van der Waals surface area contributed by atoms with Gasteiger partial charge in [0.1, 0.15) is 59.9 Å². The van der Waals surface area contributed by atoms with Gasteiger partial charge in [-0.25, -0.2) is 8.78 Å². The van der Waals surface area contributed by atoms with Gasteiger partial charge in [-0.05, 0) is 125 Å². The molecule has 600 valence electrons. The molecule has 25 nitrogen and oxygen atoms in total. The first kappa shape index (κ1) is 87.0. The van der Waals surface area contributed by atoms with E-state index < -0.39 is 185 Å². The van der Waals surface area contributed by atoms with Crippen LogP contribution in [-0.4, -0.2) is 282 Å². The van der Waals surface area contributed by atoms with Gasteiger partial charge < -0.3 is 60.0 Å². The van der Waals surface area contributed by atoms with Crippen molar-refractivity contribution >= 4 is 82.5 Å². The van der Waals surface area contributed by atoms with E-state index >= 15 is 32.8 Å². The third-order valence-electron chi connectivity index (χ3n) is 23.6. The van der Waals surface area contributed by atoms with Crippen LogP contribution < -0.4 is 16.0 Å². The van der Waals surface area contributed by atoms with Gasteiger partial charge in [-0.1, -0.05) is 110 Å². The maximum Gasteiger partial charge on any atom is 0.417 e. The number of halogens is 6. The van der Waals surface area contributed by atoms with Gasteiger partial charge in [-0.2, -0.15) is 13.2 Å². The van der Waals surface area contributed by atoms with Gasteiger partial charge in [0, 0.05) is 82.9 Å². The Balaban J connectivity index is 1.34. The molecule has 31 heteroatoms. The predicted octanol–water partition coefficient (Wildman–Crippen LogP) is 6.60. The molecule has 107 heavy (non-hydrogen) atoms. The van der Waals surface area contributed by atoms with Crippen molar-refractivity contribution in [3.63, 3.8) is 0 Å². The summed E-state index contributed by atoms with van der Waals surface area (Å²) in [4.78, 5) is 194. The SMILES string of the molecule is CC[C@H](C)[C@@H]1NC(=O)[C@H](CC(C)C)N(C)C(=O)C[C@@H](C(=O)N(C)C)N(C)C(=O)[C@H](C2CCCC2)N(C)C(=O)C2(CCCC2)NC(=O)[C@H](CCN2CCCC(F)(F)C2)N(C)C(=O)[C@H](CCc2ccc(C(F)(F)F)c(Cl)c2)NC(=O)CN(C)C(=O)[C@H](CC2CCCCC2)N(C)C(=O)[C@@H]2CCN2C(=O)[C@H](C)N(C)C1=O. The fourth-order valence-corrected chi connectivity index (χ4v) is 16.8. The van der Waals surface area contributed by atoms with Crippen LogP contribution in [0.4, 0.5) is 22.0 Å². The van der Waals surface area contributed by atoms with E-state index in [4.69, 9.17) is 11.6 Å². The molecule has 3 saturated carbocycles. The number of nitrogens with zero attached hydrogens (tertiary/aromatic N) is 10. The summed E-state index contributed by atoms with van der Waals surface area (Å²) in [6, 6.07) is -8.87. The number of hydrogen-bond donors (Lipinski definition) is 3. The Labute approximate surface area is 632 Å². The number of hydrogen-bond acceptors (Lipinski definition) is 13. The van der Waals surface area contributed by atoms with E-state index in [1.54, 1.807) is 6.92 Å². The summed E-state index contributed by atoms with van der Waals surface area (Å²) in [5.74, 6) is -13.0. The number of piperidine rings is 1. The topological polar surface area (TPSA) is 273 Å². The Bertz CT molecular complexity index is 3370. The van der Waals surface area contributed by atoms with E-state index in [2.05, 4.69) is 16.0 Å². The van der Waals surface area contributed by atoms with Gasteiger partial charge in [0.2, 0.25) is 70.9 Å². The van der Waals surface area contributed by atoms with E-state index in [0.717, 1.165) is 65.0 Å². The summed E-state index contributed by atoms with van der Waals surface area (Å²) < 4.78 is 72.3. The molecule has 0 bridgehead atoms. The van der Waals surface area contributed by atoms with Gasteiger partial charge >= 0.3 is 6.18 Å². The lowest BCUT2D eigenvalue weighted by atomic mass is 9.84. The molecule has 0 radical (unpaired) electrons. The minimum atomic E-state index is -4.82. The molecular formula is C76H117ClF5N13O12. The highest BCUT2D eigenvalue weighted by atomic mass is 35.5. The molecule has 1 aromatic rings. The molecule has 7 rings (SSSR count). The van der Waals surface area contributed by atoms with E-state index in [1.807, 2.05) is 20.8 Å². The Hall–Kier alpha value is -7.24. The van der Waals surface area contributed by atoms with Crippen molar-refractivity contribution in [1.29, 1.82) is 0 Å². The minimum Gasteiger partial charge on any atom is -0.347 e. The summed E-state index contributed by atoms with van der Waals surface area (Å²) in [5.41, 5.74) is -2.65. The maximum absolute atomic E-state index is 15.8. The quantitative estimate of drug-likeness (QED) is 0.166. The van der Waals surface area contributed by atoms with Gasteiger partial charge in [-0.3, -0.25) is 62.4 Å². The minimum absolute atomic E-state index is 0.0261.